The molecule has 2 aromatic carbocycles. The Labute approximate surface area is 145 Å². The molecule has 3 rings (SSSR count). The lowest BCUT2D eigenvalue weighted by Gasteiger charge is -2.09. The number of anilines is 1. The Hall–Kier alpha value is -3.42. The van der Waals surface area contributed by atoms with E-state index in [0.29, 0.717) is 11.4 Å². The number of nitrogens with one attached hydrogen (secondary N) is 2. The number of aromatic nitrogens is 2. The highest BCUT2D eigenvalue weighted by atomic mass is 19.4. The lowest BCUT2D eigenvalue weighted by Crippen LogP contribution is -2.24. The molecule has 26 heavy (non-hydrogen) atoms. The molecule has 0 fully saturated rings. The number of alkyl halides is 3. The molecule has 1 heterocycles. The minimum Gasteiger partial charge on any atom is -0.322 e. The van der Waals surface area contributed by atoms with E-state index in [4.69, 9.17) is 0 Å². The first kappa shape index (κ1) is 17.4. The van der Waals surface area contributed by atoms with Gasteiger partial charge in [-0.05, 0) is 24.3 Å². The summed E-state index contributed by atoms with van der Waals surface area (Å²) in [5.41, 5.74) is -0.913. The molecule has 0 saturated carbocycles. The van der Waals surface area contributed by atoms with Gasteiger partial charge in [0.25, 0.3) is 11.5 Å². The van der Waals surface area contributed by atoms with E-state index >= 15 is 0 Å². The SMILES string of the molecule is O=C(Nc1ccc(C(F)(F)F)cc1)c1cnc(-c2ccccc2)[nH]c1=O. The summed E-state index contributed by atoms with van der Waals surface area (Å²) in [4.78, 5) is 30.9. The summed E-state index contributed by atoms with van der Waals surface area (Å²) in [5.74, 6) is -0.459. The molecule has 0 atom stereocenters. The van der Waals surface area contributed by atoms with Crippen molar-refractivity contribution in [2.24, 2.45) is 0 Å². The fraction of sp³-hybridized carbons (Fsp3) is 0.0556. The number of H-pyrrole nitrogens is 1. The number of rotatable bonds is 3. The van der Waals surface area contributed by atoms with E-state index in [2.05, 4.69) is 15.3 Å². The normalized spacial score (nSPS) is 11.2. The lowest BCUT2D eigenvalue weighted by molar-refractivity contribution is -0.137. The molecule has 0 aliphatic rings. The van der Waals surface area contributed by atoms with Crippen molar-refractivity contribution in [3.8, 4) is 11.4 Å². The van der Waals surface area contributed by atoms with E-state index in [1.807, 2.05) is 6.07 Å². The van der Waals surface area contributed by atoms with Crippen molar-refractivity contribution in [3.05, 3.63) is 82.3 Å². The summed E-state index contributed by atoms with van der Waals surface area (Å²) in [6, 6.07) is 12.8. The van der Waals surface area contributed by atoms with Gasteiger partial charge in [-0.3, -0.25) is 9.59 Å². The predicted molar refractivity (Wildman–Crippen MR) is 89.7 cm³/mol. The van der Waals surface area contributed by atoms with E-state index < -0.39 is 23.2 Å². The van der Waals surface area contributed by atoms with Gasteiger partial charge in [-0.2, -0.15) is 13.2 Å². The number of hydrogen-bond acceptors (Lipinski definition) is 3. The van der Waals surface area contributed by atoms with Crippen molar-refractivity contribution in [3.63, 3.8) is 0 Å². The second-order valence-corrected chi connectivity index (χ2v) is 5.37. The zero-order valence-corrected chi connectivity index (χ0v) is 13.2. The molecule has 0 aliphatic carbocycles. The molecule has 5 nitrogen and oxygen atoms in total. The third-order valence-electron chi connectivity index (χ3n) is 3.56. The molecule has 0 radical (unpaired) electrons. The summed E-state index contributed by atoms with van der Waals surface area (Å²) in [7, 11) is 0. The number of amides is 1. The lowest BCUT2D eigenvalue weighted by atomic mass is 10.2. The van der Waals surface area contributed by atoms with E-state index in [1.165, 1.54) is 0 Å². The Morgan fingerprint density at radius 1 is 1.00 bits per heavy atom. The van der Waals surface area contributed by atoms with Crippen LogP contribution in [0.2, 0.25) is 0 Å². The van der Waals surface area contributed by atoms with E-state index in [1.54, 1.807) is 24.3 Å². The molecule has 8 heteroatoms. The van der Waals surface area contributed by atoms with Gasteiger partial charge in [0.1, 0.15) is 11.4 Å². The first-order valence-electron chi connectivity index (χ1n) is 7.48. The first-order chi connectivity index (χ1) is 12.3. The Balaban J connectivity index is 1.79. The van der Waals surface area contributed by atoms with Crippen LogP contribution in [0.3, 0.4) is 0 Å². The maximum absolute atomic E-state index is 12.5. The zero-order valence-electron chi connectivity index (χ0n) is 13.2. The van der Waals surface area contributed by atoms with E-state index in [9.17, 15) is 22.8 Å². The van der Waals surface area contributed by atoms with Gasteiger partial charge in [0.15, 0.2) is 0 Å². The molecule has 0 unspecified atom stereocenters. The molecule has 0 aliphatic heterocycles. The molecule has 0 spiro atoms. The van der Waals surface area contributed by atoms with Gasteiger partial charge in [-0.15, -0.1) is 0 Å². The highest BCUT2D eigenvalue weighted by Crippen LogP contribution is 2.29. The average Bonchev–Trinajstić information content (AvgIpc) is 2.62. The van der Waals surface area contributed by atoms with Crippen molar-refractivity contribution < 1.29 is 18.0 Å². The summed E-state index contributed by atoms with van der Waals surface area (Å²) >= 11 is 0. The van der Waals surface area contributed by atoms with Gasteiger partial charge >= 0.3 is 6.18 Å². The van der Waals surface area contributed by atoms with Gasteiger partial charge in [0.2, 0.25) is 0 Å². The Bertz CT molecular complexity index is 981. The third kappa shape index (κ3) is 3.80. The highest BCUT2D eigenvalue weighted by Gasteiger charge is 2.30. The van der Waals surface area contributed by atoms with Crippen LogP contribution in [0.15, 0.2) is 65.6 Å². The molecule has 0 saturated heterocycles. The van der Waals surface area contributed by atoms with Crippen LogP contribution in [0.1, 0.15) is 15.9 Å². The van der Waals surface area contributed by atoms with Crippen molar-refractivity contribution >= 4 is 11.6 Å². The topological polar surface area (TPSA) is 74.8 Å². The Kier molecular flexibility index (Phi) is 4.57. The van der Waals surface area contributed by atoms with Gasteiger partial charge in [-0.1, -0.05) is 30.3 Å². The first-order valence-corrected chi connectivity index (χ1v) is 7.48. The van der Waals surface area contributed by atoms with Crippen molar-refractivity contribution in [1.29, 1.82) is 0 Å². The summed E-state index contributed by atoms with van der Waals surface area (Å²) in [5, 5.41) is 2.37. The van der Waals surface area contributed by atoms with Crippen LogP contribution >= 0.6 is 0 Å². The maximum Gasteiger partial charge on any atom is 0.416 e. The smallest absolute Gasteiger partial charge is 0.322 e. The van der Waals surface area contributed by atoms with Crippen LogP contribution in [0.25, 0.3) is 11.4 Å². The summed E-state index contributed by atoms with van der Waals surface area (Å²) in [6.07, 6.45) is -3.34. The quantitative estimate of drug-likeness (QED) is 0.749. The molecule has 1 amide bonds. The number of carbonyl (C=O) groups is 1. The van der Waals surface area contributed by atoms with Crippen LogP contribution in [0, 0.1) is 0 Å². The average molecular weight is 359 g/mol. The summed E-state index contributed by atoms with van der Waals surface area (Å²) < 4.78 is 37.6. The molecular formula is C18H12F3N3O2. The molecule has 1 aromatic heterocycles. The molecule has 132 valence electrons. The number of hydrogen-bond donors (Lipinski definition) is 2. The molecule has 2 N–H and O–H groups in total. The van der Waals surface area contributed by atoms with Crippen molar-refractivity contribution in [1.82, 2.24) is 9.97 Å². The largest absolute Gasteiger partial charge is 0.416 e. The number of benzene rings is 2. The van der Waals surface area contributed by atoms with Gasteiger partial charge in [-0.25, -0.2) is 4.98 Å². The molecular weight excluding hydrogens is 347 g/mol. The minimum absolute atomic E-state index is 0.134. The van der Waals surface area contributed by atoms with Crippen molar-refractivity contribution in [2.75, 3.05) is 5.32 Å². The predicted octanol–water partition coefficient (Wildman–Crippen LogP) is 3.71. The van der Waals surface area contributed by atoms with Crippen LogP contribution < -0.4 is 10.9 Å². The van der Waals surface area contributed by atoms with Crippen molar-refractivity contribution in [2.45, 2.75) is 6.18 Å². The molecule has 0 bridgehead atoms. The standard InChI is InChI=1S/C18H12F3N3O2/c19-18(20,21)12-6-8-13(9-7-12)23-16(25)14-10-22-15(24-17(14)26)11-4-2-1-3-5-11/h1-10H,(H,23,25)(H,22,24,26). The third-order valence-corrected chi connectivity index (χ3v) is 3.56. The van der Waals surface area contributed by atoms with Crippen LogP contribution in [-0.2, 0) is 6.18 Å². The summed E-state index contributed by atoms with van der Waals surface area (Å²) in [6.45, 7) is 0. The number of carbonyl (C=O) groups excluding carboxylic acids is 1. The van der Waals surface area contributed by atoms with Crippen LogP contribution in [0.5, 0.6) is 0 Å². The van der Waals surface area contributed by atoms with Gasteiger partial charge < -0.3 is 10.3 Å². The van der Waals surface area contributed by atoms with E-state index in [0.717, 1.165) is 30.5 Å². The second-order valence-electron chi connectivity index (χ2n) is 5.37. The Morgan fingerprint density at radius 3 is 2.23 bits per heavy atom. The second kappa shape index (κ2) is 6.83. The maximum atomic E-state index is 12.5. The number of nitrogens with zero attached hydrogens (tertiary/aromatic N) is 1. The zero-order chi connectivity index (χ0) is 18.7. The Morgan fingerprint density at radius 2 is 1.65 bits per heavy atom. The monoisotopic (exact) mass is 359 g/mol. The van der Waals surface area contributed by atoms with Gasteiger partial charge in [0.05, 0.1) is 5.56 Å². The fourth-order valence-electron chi connectivity index (χ4n) is 2.24. The number of aromatic amines is 1. The van der Waals surface area contributed by atoms with Crippen LogP contribution in [-0.4, -0.2) is 15.9 Å². The number of halogens is 3. The minimum atomic E-state index is -4.46. The fourth-order valence-corrected chi connectivity index (χ4v) is 2.24. The van der Waals surface area contributed by atoms with Crippen LogP contribution in [0.4, 0.5) is 18.9 Å². The van der Waals surface area contributed by atoms with Gasteiger partial charge in [0, 0.05) is 17.4 Å². The van der Waals surface area contributed by atoms with E-state index in [-0.39, 0.29) is 11.3 Å². The highest BCUT2D eigenvalue weighted by molar-refractivity contribution is 6.03. The molecule has 3 aromatic rings.